The summed E-state index contributed by atoms with van der Waals surface area (Å²) >= 11 is 0. The molecule has 6 heteroatoms. The van der Waals surface area contributed by atoms with Crippen molar-refractivity contribution in [2.24, 2.45) is 0 Å². The maximum absolute atomic E-state index is 11.8. The third-order valence-corrected chi connectivity index (χ3v) is 3.21. The maximum atomic E-state index is 11.8. The molecule has 0 saturated heterocycles. The average Bonchev–Trinajstić information content (AvgIpc) is 2.93. The largest absolute Gasteiger partial charge is 0.351 e. The van der Waals surface area contributed by atoms with Crippen LogP contribution in [0.2, 0.25) is 0 Å². The molecule has 0 aromatic carbocycles. The first kappa shape index (κ1) is 16.2. The number of hydrogen-bond acceptors (Lipinski definition) is 3. The summed E-state index contributed by atoms with van der Waals surface area (Å²) in [5.74, 6) is -0.0616. The van der Waals surface area contributed by atoms with Gasteiger partial charge in [-0.1, -0.05) is 6.92 Å². The highest BCUT2D eigenvalue weighted by Crippen LogP contribution is 2.01. The molecule has 6 nitrogen and oxygen atoms in total. The van der Waals surface area contributed by atoms with E-state index in [0.29, 0.717) is 25.1 Å². The Morgan fingerprint density at radius 1 is 1.30 bits per heavy atom. The number of nitrogens with zero attached hydrogens (tertiary/aromatic N) is 2. The fourth-order valence-electron chi connectivity index (χ4n) is 1.93. The van der Waals surface area contributed by atoms with E-state index in [1.807, 2.05) is 20.8 Å². The van der Waals surface area contributed by atoms with Crippen molar-refractivity contribution < 1.29 is 9.59 Å². The first-order valence-corrected chi connectivity index (χ1v) is 7.22. The minimum Gasteiger partial charge on any atom is -0.351 e. The van der Waals surface area contributed by atoms with Crippen molar-refractivity contribution in [2.45, 2.75) is 40.0 Å². The summed E-state index contributed by atoms with van der Waals surface area (Å²) in [5, 5.41) is 9.52. The van der Waals surface area contributed by atoms with Gasteiger partial charge in [-0.2, -0.15) is 5.10 Å². The molecule has 2 amide bonds. The van der Waals surface area contributed by atoms with Gasteiger partial charge in [0.25, 0.3) is 5.91 Å². The molecule has 1 rings (SSSR count). The maximum Gasteiger partial charge on any atom is 0.271 e. The Labute approximate surface area is 119 Å². The van der Waals surface area contributed by atoms with Gasteiger partial charge >= 0.3 is 0 Å². The Hall–Kier alpha value is -1.85. The van der Waals surface area contributed by atoms with E-state index in [0.717, 1.165) is 25.2 Å². The molecule has 1 aromatic heterocycles. The number of rotatable bonds is 8. The number of amides is 2. The van der Waals surface area contributed by atoms with Gasteiger partial charge in [0.1, 0.15) is 5.69 Å². The highest BCUT2D eigenvalue weighted by molar-refractivity contribution is 5.92. The molecule has 112 valence electrons. The van der Waals surface area contributed by atoms with E-state index in [9.17, 15) is 9.59 Å². The van der Waals surface area contributed by atoms with E-state index in [1.54, 1.807) is 11.0 Å². The van der Waals surface area contributed by atoms with E-state index in [4.69, 9.17) is 0 Å². The second-order valence-electron chi connectivity index (χ2n) is 4.56. The van der Waals surface area contributed by atoms with Gasteiger partial charge < -0.3 is 10.2 Å². The summed E-state index contributed by atoms with van der Waals surface area (Å²) in [6, 6.07) is 1.75. The molecular weight excluding hydrogens is 256 g/mol. The topological polar surface area (TPSA) is 78.1 Å². The van der Waals surface area contributed by atoms with E-state index >= 15 is 0 Å². The molecule has 0 atom stereocenters. The average molecular weight is 280 g/mol. The smallest absolute Gasteiger partial charge is 0.271 e. The van der Waals surface area contributed by atoms with Crippen molar-refractivity contribution in [2.75, 3.05) is 19.6 Å². The fraction of sp³-hybridized carbons (Fsp3) is 0.643. The number of aromatic amines is 1. The summed E-state index contributed by atoms with van der Waals surface area (Å²) in [6.07, 6.45) is 1.92. The highest BCUT2D eigenvalue weighted by atomic mass is 16.2. The Morgan fingerprint density at radius 2 is 2.00 bits per heavy atom. The first-order chi connectivity index (χ1) is 9.62. The summed E-state index contributed by atoms with van der Waals surface area (Å²) in [5.41, 5.74) is 1.34. The SMILES string of the molecule is CCc1cc(C(=O)NCCCC(=O)N(CC)CC)n[nH]1. The first-order valence-electron chi connectivity index (χ1n) is 7.22. The predicted molar refractivity (Wildman–Crippen MR) is 77.5 cm³/mol. The van der Waals surface area contributed by atoms with Gasteiger partial charge in [0.05, 0.1) is 0 Å². The molecule has 0 aliphatic carbocycles. The second kappa shape index (κ2) is 8.35. The molecule has 0 saturated carbocycles. The predicted octanol–water partition coefficient (Wildman–Crippen LogP) is 1.35. The number of aryl methyl sites for hydroxylation is 1. The van der Waals surface area contributed by atoms with Crippen molar-refractivity contribution in [3.8, 4) is 0 Å². The Kier molecular flexibility index (Phi) is 6.76. The molecule has 0 unspecified atom stereocenters. The summed E-state index contributed by atoms with van der Waals surface area (Å²) in [7, 11) is 0. The normalized spacial score (nSPS) is 10.3. The zero-order chi connectivity index (χ0) is 15.0. The molecule has 20 heavy (non-hydrogen) atoms. The van der Waals surface area contributed by atoms with Gasteiger partial charge in [0.15, 0.2) is 0 Å². The number of aromatic nitrogens is 2. The third kappa shape index (κ3) is 4.68. The lowest BCUT2D eigenvalue weighted by Crippen LogP contribution is -2.31. The number of nitrogens with one attached hydrogen (secondary N) is 2. The van der Waals surface area contributed by atoms with E-state index in [-0.39, 0.29) is 11.8 Å². The minimum atomic E-state index is -0.198. The minimum absolute atomic E-state index is 0.136. The van der Waals surface area contributed by atoms with Crippen LogP contribution >= 0.6 is 0 Å². The monoisotopic (exact) mass is 280 g/mol. The summed E-state index contributed by atoms with van der Waals surface area (Å²) in [4.78, 5) is 25.3. The van der Waals surface area contributed by atoms with E-state index < -0.39 is 0 Å². The van der Waals surface area contributed by atoms with Crippen LogP contribution < -0.4 is 5.32 Å². The van der Waals surface area contributed by atoms with Crippen molar-refractivity contribution in [1.82, 2.24) is 20.4 Å². The Morgan fingerprint density at radius 3 is 2.55 bits per heavy atom. The molecular formula is C14H24N4O2. The number of carbonyl (C=O) groups excluding carboxylic acids is 2. The van der Waals surface area contributed by atoms with E-state index in [1.165, 1.54) is 0 Å². The third-order valence-electron chi connectivity index (χ3n) is 3.21. The second-order valence-corrected chi connectivity index (χ2v) is 4.56. The standard InChI is InChI=1S/C14H24N4O2/c1-4-11-10-12(17-16-11)14(20)15-9-7-8-13(19)18(5-2)6-3/h10H,4-9H2,1-3H3,(H,15,20)(H,16,17). The Balaban J connectivity index is 2.27. The van der Waals surface area contributed by atoms with Crippen molar-refractivity contribution in [3.63, 3.8) is 0 Å². The van der Waals surface area contributed by atoms with Crippen LogP contribution in [0.15, 0.2) is 6.07 Å². The molecule has 0 aliphatic rings. The molecule has 0 radical (unpaired) electrons. The Bertz CT molecular complexity index is 438. The van der Waals surface area contributed by atoms with Crippen LogP contribution in [0.5, 0.6) is 0 Å². The van der Waals surface area contributed by atoms with Gasteiger partial charge in [0, 0.05) is 31.7 Å². The van der Waals surface area contributed by atoms with Gasteiger partial charge in [-0.25, -0.2) is 0 Å². The number of H-pyrrole nitrogens is 1. The number of carbonyl (C=O) groups is 2. The van der Waals surface area contributed by atoms with Crippen molar-refractivity contribution in [3.05, 3.63) is 17.5 Å². The number of hydrogen-bond donors (Lipinski definition) is 2. The van der Waals surface area contributed by atoms with Crippen LogP contribution in [0.3, 0.4) is 0 Å². The lowest BCUT2D eigenvalue weighted by Gasteiger charge is -2.18. The van der Waals surface area contributed by atoms with Crippen LogP contribution in [0.25, 0.3) is 0 Å². The van der Waals surface area contributed by atoms with E-state index in [2.05, 4.69) is 15.5 Å². The van der Waals surface area contributed by atoms with Gasteiger partial charge in [-0.3, -0.25) is 14.7 Å². The lowest BCUT2D eigenvalue weighted by molar-refractivity contribution is -0.130. The van der Waals surface area contributed by atoms with Crippen LogP contribution in [-0.2, 0) is 11.2 Å². The molecule has 1 heterocycles. The van der Waals surface area contributed by atoms with Crippen molar-refractivity contribution in [1.29, 1.82) is 0 Å². The summed E-state index contributed by atoms with van der Waals surface area (Å²) < 4.78 is 0. The highest BCUT2D eigenvalue weighted by Gasteiger charge is 2.11. The fourth-order valence-corrected chi connectivity index (χ4v) is 1.93. The summed E-state index contributed by atoms with van der Waals surface area (Å²) in [6.45, 7) is 7.87. The van der Waals surface area contributed by atoms with Crippen molar-refractivity contribution >= 4 is 11.8 Å². The van der Waals surface area contributed by atoms with Gasteiger partial charge in [0.2, 0.25) is 5.91 Å². The molecule has 2 N–H and O–H groups in total. The van der Waals surface area contributed by atoms with Crippen LogP contribution in [-0.4, -0.2) is 46.5 Å². The molecule has 0 spiro atoms. The molecule has 1 aromatic rings. The van der Waals surface area contributed by atoms with Crippen LogP contribution in [0.4, 0.5) is 0 Å². The zero-order valence-corrected chi connectivity index (χ0v) is 12.5. The quantitative estimate of drug-likeness (QED) is 0.706. The molecule has 0 fully saturated rings. The van der Waals surface area contributed by atoms with Crippen LogP contribution in [0.1, 0.15) is 49.8 Å². The van der Waals surface area contributed by atoms with Crippen LogP contribution in [0, 0.1) is 0 Å². The molecule has 0 aliphatic heterocycles. The zero-order valence-electron chi connectivity index (χ0n) is 12.5. The van der Waals surface area contributed by atoms with Gasteiger partial charge in [-0.05, 0) is 32.8 Å². The lowest BCUT2D eigenvalue weighted by atomic mass is 10.2. The van der Waals surface area contributed by atoms with Gasteiger partial charge in [-0.15, -0.1) is 0 Å². The molecule has 0 bridgehead atoms.